The van der Waals surface area contributed by atoms with E-state index in [9.17, 15) is 4.79 Å². The van der Waals surface area contributed by atoms with Crippen LogP contribution in [0.2, 0.25) is 0 Å². The van der Waals surface area contributed by atoms with Crippen LogP contribution in [-0.4, -0.2) is 33.6 Å². The maximum atomic E-state index is 11.5. The predicted octanol–water partition coefficient (Wildman–Crippen LogP) is 2.31. The van der Waals surface area contributed by atoms with Crippen molar-refractivity contribution in [3.05, 3.63) is 46.2 Å². The van der Waals surface area contributed by atoms with Crippen molar-refractivity contribution in [2.75, 3.05) is 18.8 Å². The molecule has 2 aromatic heterocycles. The molecule has 26 heavy (non-hydrogen) atoms. The highest BCUT2D eigenvalue weighted by Gasteiger charge is 2.23. The summed E-state index contributed by atoms with van der Waals surface area (Å²) in [7, 11) is 0. The third-order valence-corrected chi connectivity index (χ3v) is 5.60. The third-order valence-electron chi connectivity index (χ3n) is 4.79. The number of nitrogen functional groups attached to an aromatic ring is 1. The van der Waals surface area contributed by atoms with Crippen molar-refractivity contribution in [3.8, 4) is 11.1 Å². The average Bonchev–Trinajstić information content (AvgIpc) is 3.09. The van der Waals surface area contributed by atoms with E-state index >= 15 is 0 Å². The molecule has 1 saturated heterocycles. The van der Waals surface area contributed by atoms with E-state index < -0.39 is 5.91 Å². The van der Waals surface area contributed by atoms with Crippen molar-refractivity contribution >= 4 is 33.3 Å². The molecule has 4 rings (SSSR count). The van der Waals surface area contributed by atoms with Crippen molar-refractivity contribution < 1.29 is 4.79 Å². The molecule has 1 fully saturated rings. The topological polar surface area (TPSA) is 111 Å². The Kier molecular flexibility index (Phi) is 4.37. The quantitative estimate of drug-likeness (QED) is 0.608. The normalized spacial score (nSPS) is 17.5. The van der Waals surface area contributed by atoms with E-state index in [4.69, 9.17) is 16.5 Å². The summed E-state index contributed by atoms with van der Waals surface area (Å²) in [6, 6.07) is 7.15. The fraction of sp³-hybridized carbons (Fsp3) is 0.278. The van der Waals surface area contributed by atoms with Gasteiger partial charge in [0.05, 0.1) is 16.4 Å². The number of hydrogen-bond donors (Lipinski definition) is 3. The summed E-state index contributed by atoms with van der Waals surface area (Å²) < 4.78 is 2.41. The summed E-state index contributed by atoms with van der Waals surface area (Å²) in [6.45, 7) is 1.91. The zero-order valence-electron chi connectivity index (χ0n) is 14.1. The minimum absolute atomic E-state index is 0.296. The van der Waals surface area contributed by atoms with Gasteiger partial charge in [-0.3, -0.25) is 4.79 Å². The lowest BCUT2D eigenvalue weighted by Gasteiger charge is -2.23. The Hall–Kier alpha value is -2.45. The number of halogens is 1. The van der Waals surface area contributed by atoms with Gasteiger partial charge < -0.3 is 16.8 Å². The molecule has 1 unspecified atom stereocenters. The molecular formula is C18H19BrN6O. The van der Waals surface area contributed by atoms with Gasteiger partial charge in [-0.05, 0) is 53.0 Å². The van der Waals surface area contributed by atoms with E-state index in [1.807, 2.05) is 6.07 Å². The first-order valence-corrected chi connectivity index (χ1v) is 9.29. The Morgan fingerprint density at radius 3 is 2.96 bits per heavy atom. The van der Waals surface area contributed by atoms with E-state index in [2.05, 4.69) is 26.3 Å². The number of piperidine rings is 1. The summed E-state index contributed by atoms with van der Waals surface area (Å²) in [6.07, 6.45) is 3.89. The van der Waals surface area contributed by atoms with Gasteiger partial charge in [0.15, 0.2) is 5.65 Å². The number of hydrogen-bond acceptors (Lipinski definition) is 5. The Morgan fingerprint density at radius 1 is 1.38 bits per heavy atom. The zero-order chi connectivity index (χ0) is 18.3. The standard InChI is InChI=1S/C18H19BrN6O/c19-14-15(12-5-2-6-22-8-12)24-18-13(9-23-25(18)16(14)20)10-3-1-4-11(7-10)17(21)26/h1,3-4,7,9,12,22H,2,5-6,8,20H2,(H2,21,26). The number of anilines is 1. The molecule has 8 heteroatoms. The molecule has 0 radical (unpaired) electrons. The Bertz CT molecular complexity index is 993. The fourth-order valence-electron chi connectivity index (χ4n) is 3.41. The van der Waals surface area contributed by atoms with Crippen LogP contribution in [0, 0.1) is 0 Å². The second-order valence-corrected chi connectivity index (χ2v) is 7.27. The molecule has 7 nitrogen and oxygen atoms in total. The van der Waals surface area contributed by atoms with Crippen LogP contribution in [0.15, 0.2) is 34.9 Å². The molecule has 1 aliphatic heterocycles. The van der Waals surface area contributed by atoms with Gasteiger partial charge in [0.2, 0.25) is 5.91 Å². The van der Waals surface area contributed by atoms with E-state index in [0.29, 0.717) is 22.9 Å². The highest BCUT2D eigenvalue weighted by molar-refractivity contribution is 9.10. The molecule has 1 aliphatic rings. The molecule has 0 bridgehead atoms. The lowest BCUT2D eigenvalue weighted by atomic mass is 9.95. The first-order chi connectivity index (χ1) is 12.6. The van der Waals surface area contributed by atoms with Gasteiger partial charge in [-0.25, -0.2) is 4.98 Å². The van der Waals surface area contributed by atoms with Crippen molar-refractivity contribution in [3.63, 3.8) is 0 Å². The number of carbonyl (C=O) groups is 1. The molecule has 5 N–H and O–H groups in total. The van der Waals surface area contributed by atoms with Gasteiger partial charge in [-0.1, -0.05) is 12.1 Å². The number of nitrogens with two attached hydrogens (primary N) is 2. The van der Waals surface area contributed by atoms with Gasteiger partial charge in [0.1, 0.15) is 5.82 Å². The average molecular weight is 415 g/mol. The third kappa shape index (κ3) is 2.85. The number of aromatic nitrogens is 3. The van der Waals surface area contributed by atoms with Crippen molar-refractivity contribution in [1.29, 1.82) is 0 Å². The fourth-order valence-corrected chi connectivity index (χ4v) is 3.99. The van der Waals surface area contributed by atoms with Crippen LogP contribution in [0.1, 0.15) is 34.8 Å². The number of rotatable bonds is 3. The van der Waals surface area contributed by atoms with Gasteiger partial charge in [0, 0.05) is 23.6 Å². The molecule has 0 aliphatic carbocycles. The van der Waals surface area contributed by atoms with Gasteiger partial charge in [0.25, 0.3) is 0 Å². The summed E-state index contributed by atoms with van der Waals surface area (Å²) in [5, 5.41) is 7.80. The maximum absolute atomic E-state index is 11.5. The second-order valence-electron chi connectivity index (χ2n) is 6.48. The largest absolute Gasteiger partial charge is 0.383 e. The monoisotopic (exact) mass is 414 g/mol. The molecule has 1 aromatic carbocycles. The molecule has 1 atom stereocenters. The van der Waals surface area contributed by atoms with Crippen molar-refractivity contribution in [2.24, 2.45) is 5.73 Å². The minimum atomic E-state index is -0.465. The van der Waals surface area contributed by atoms with Crippen LogP contribution >= 0.6 is 15.9 Å². The minimum Gasteiger partial charge on any atom is -0.383 e. The number of benzene rings is 1. The van der Waals surface area contributed by atoms with Crippen LogP contribution in [-0.2, 0) is 0 Å². The number of fused-ring (bicyclic) bond motifs is 1. The number of primary amides is 1. The van der Waals surface area contributed by atoms with Crippen LogP contribution in [0.4, 0.5) is 5.82 Å². The summed E-state index contributed by atoms with van der Waals surface area (Å²) in [5.74, 6) is 0.352. The first-order valence-electron chi connectivity index (χ1n) is 8.50. The maximum Gasteiger partial charge on any atom is 0.248 e. The smallest absolute Gasteiger partial charge is 0.248 e. The van der Waals surface area contributed by atoms with E-state index in [1.165, 1.54) is 0 Å². The molecule has 0 spiro atoms. The van der Waals surface area contributed by atoms with Crippen molar-refractivity contribution in [2.45, 2.75) is 18.8 Å². The molecular weight excluding hydrogens is 396 g/mol. The summed E-state index contributed by atoms with van der Waals surface area (Å²) in [4.78, 5) is 16.4. The SMILES string of the molecule is NC(=O)c1cccc(-c2cnn3c(N)c(Br)c(C4CCCNC4)nc23)c1. The number of carbonyl (C=O) groups excluding carboxylic acids is 1. The van der Waals surface area contributed by atoms with E-state index in [1.54, 1.807) is 28.9 Å². The van der Waals surface area contributed by atoms with Gasteiger partial charge in [-0.15, -0.1) is 0 Å². The lowest BCUT2D eigenvalue weighted by Crippen LogP contribution is -2.29. The van der Waals surface area contributed by atoms with E-state index in [-0.39, 0.29) is 0 Å². The van der Waals surface area contributed by atoms with Crippen LogP contribution in [0.3, 0.4) is 0 Å². The van der Waals surface area contributed by atoms with Gasteiger partial charge >= 0.3 is 0 Å². The molecule has 0 saturated carbocycles. The number of nitrogens with zero attached hydrogens (tertiary/aromatic N) is 3. The highest BCUT2D eigenvalue weighted by atomic mass is 79.9. The first kappa shape index (κ1) is 17.0. The second kappa shape index (κ2) is 6.69. The zero-order valence-corrected chi connectivity index (χ0v) is 15.7. The van der Waals surface area contributed by atoms with Crippen LogP contribution in [0.25, 0.3) is 16.8 Å². The van der Waals surface area contributed by atoms with Crippen molar-refractivity contribution in [1.82, 2.24) is 19.9 Å². The Balaban J connectivity index is 1.88. The summed E-state index contributed by atoms with van der Waals surface area (Å²) in [5.41, 5.74) is 15.4. The molecule has 134 valence electrons. The lowest BCUT2D eigenvalue weighted by molar-refractivity contribution is 0.100. The number of amides is 1. The van der Waals surface area contributed by atoms with Gasteiger partial charge in [-0.2, -0.15) is 9.61 Å². The van der Waals surface area contributed by atoms with E-state index in [0.717, 1.165) is 47.2 Å². The predicted molar refractivity (Wildman–Crippen MR) is 104 cm³/mol. The molecule has 3 aromatic rings. The number of nitrogens with one attached hydrogen (secondary N) is 1. The molecule has 3 heterocycles. The highest BCUT2D eigenvalue weighted by Crippen LogP contribution is 2.35. The molecule has 1 amide bonds. The summed E-state index contributed by atoms with van der Waals surface area (Å²) >= 11 is 3.60. The Labute approximate surface area is 158 Å². The van der Waals surface area contributed by atoms with Crippen LogP contribution < -0.4 is 16.8 Å². The van der Waals surface area contributed by atoms with Crippen LogP contribution in [0.5, 0.6) is 0 Å². The Morgan fingerprint density at radius 2 is 2.23 bits per heavy atom.